The van der Waals surface area contributed by atoms with E-state index >= 15 is 0 Å². The van der Waals surface area contributed by atoms with Gasteiger partial charge in [-0.2, -0.15) is 0 Å². The molecule has 2 aromatic rings. The van der Waals surface area contributed by atoms with Gasteiger partial charge in [-0.25, -0.2) is 4.39 Å². The van der Waals surface area contributed by atoms with Gasteiger partial charge in [0.05, 0.1) is 20.8 Å². The predicted octanol–water partition coefficient (Wildman–Crippen LogP) is 6.31. The van der Waals surface area contributed by atoms with Crippen molar-refractivity contribution in [1.29, 1.82) is 0 Å². The summed E-state index contributed by atoms with van der Waals surface area (Å²) in [6.07, 6.45) is 1.78. The molecule has 0 radical (unpaired) electrons. The molecule has 2 aromatic carbocycles. The number of anilines is 1. The zero-order valence-electron chi connectivity index (χ0n) is 14.6. The molecule has 1 amide bonds. The second kappa shape index (κ2) is 7.51. The summed E-state index contributed by atoms with van der Waals surface area (Å²) in [5, 5.41) is 0.727. The molecule has 3 nitrogen and oxygen atoms in total. The largest absolute Gasteiger partial charge is 0.294 e. The van der Waals surface area contributed by atoms with Gasteiger partial charge < -0.3 is 0 Å². The third-order valence-corrected chi connectivity index (χ3v) is 6.21. The fourth-order valence-corrected chi connectivity index (χ4v) is 4.41. The summed E-state index contributed by atoms with van der Waals surface area (Å²) in [5.41, 5.74) is 2.52. The number of Topliss-reactive ketones (excluding diaryl/α,β-unsaturated/α-hetero) is 1. The van der Waals surface area contributed by atoms with Crippen LogP contribution in [0, 0.1) is 5.82 Å². The minimum atomic E-state index is -0.558. The van der Waals surface area contributed by atoms with E-state index in [1.165, 1.54) is 23.1 Å². The molecule has 1 unspecified atom stereocenters. The van der Waals surface area contributed by atoms with E-state index in [9.17, 15) is 14.0 Å². The Kier molecular flexibility index (Phi) is 5.21. The maximum absolute atomic E-state index is 13.6. The van der Waals surface area contributed by atoms with Gasteiger partial charge in [0, 0.05) is 30.0 Å². The average molecular weight is 439 g/mol. The third-order valence-electron chi connectivity index (χ3n) is 5.18. The van der Waals surface area contributed by atoms with E-state index < -0.39 is 5.82 Å². The molecule has 0 fully saturated rings. The van der Waals surface area contributed by atoms with Crippen LogP contribution in [0.2, 0.25) is 15.1 Å². The van der Waals surface area contributed by atoms with Gasteiger partial charge in [-0.3, -0.25) is 14.5 Å². The van der Waals surface area contributed by atoms with E-state index in [0.717, 1.165) is 5.56 Å². The van der Waals surface area contributed by atoms with Crippen molar-refractivity contribution in [1.82, 2.24) is 0 Å². The molecule has 0 saturated carbocycles. The molecule has 0 saturated heterocycles. The number of allylic oxidation sites excluding steroid dienone is 2. The molecular formula is C21H15Cl3FNO2. The van der Waals surface area contributed by atoms with Crippen molar-refractivity contribution in [2.45, 2.75) is 31.6 Å². The number of halogens is 4. The van der Waals surface area contributed by atoms with Crippen molar-refractivity contribution in [3.63, 3.8) is 0 Å². The van der Waals surface area contributed by atoms with Gasteiger partial charge in [-0.05, 0) is 48.7 Å². The Morgan fingerprint density at radius 1 is 0.929 bits per heavy atom. The lowest BCUT2D eigenvalue weighted by Gasteiger charge is -2.38. The topological polar surface area (TPSA) is 37.4 Å². The Morgan fingerprint density at radius 3 is 2.43 bits per heavy atom. The molecular weight excluding hydrogens is 424 g/mol. The second-order valence-corrected chi connectivity index (χ2v) is 8.12. The number of ketones is 1. The van der Waals surface area contributed by atoms with Crippen LogP contribution in [0.25, 0.3) is 0 Å². The van der Waals surface area contributed by atoms with Gasteiger partial charge in [0.1, 0.15) is 5.82 Å². The molecule has 1 heterocycles. The lowest BCUT2D eigenvalue weighted by atomic mass is 9.77. The van der Waals surface area contributed by atoms with Crippen LogP contribution in [0.1, 0.15) is 37.2 Å². The number of benzene rings is 2. The highest BCUT2D eigenvalue weighted by Crippen LogP contribution is 2.44. The molecule has 7 heteroatoms. The molecule has 1 aliphatic carbocycles. The zero-order valence-corrected chi connectivity index (χ0v) is 16.9. The SMILES string of the molecule is O=C1CCCC2=C1C(c1ccc(Cl)c(Cl)c1)CC(=O)N2c1ccc(F)c(Cl)c1. The second-order valence-electron chi connectivity index (χ2n) is 6.89. The number of nitrogens with zero attached hydrogens (tertiary/aromatic N) is 1. The van der Waals surface area contributed by atoms with Crippen LogP contribution in [-0.2, 0) is 9.59 Å². The van der Waals surface area contributed by atoms with E-state index in [2.05, 4.69) is 0 Å². The maximum Gasteiger partial charge on any atom is 0.232 e. The number of hydrogen-bond donors (Lipinski definition) is 0. The monoisotopic (exact) mass is 437 g/mol. The Morgan fingerprint density at radius 2 is 1.71 bits per heavy atom. The first kappa shape index (κ1) is 19.4. The highest BCUT2D eigenvalue weighted by atomic mass is 35.5. The van der Waals surface area contributed by atoms with Gasteiger partial charge in [0.25, 0.3) is 0 Å². The summed E-state index contributed by atoms with van der Waals surface area (Å²) in [4.78, 5) is 27.4. The maximum atomic E-state index is 13.6. The highest BCUT2D eigenvalue weighted by molar-refractivity contribution is 6.42. The number of carbonyl (C=O) groups excluding carboxylic acids is 2. The Labute approximate surface area is 176 Å². The Balaban J connectivity index is 1.86. The third kappa shape index (κ3) is 3.34. The number of rotatable bonds is 2. The van der Waals surface area contributed by atoms with Gasteiger partial charge in [0.2, 0.25) is 5.91 Å². The summed E-state index contributed by atoms with van der Waals surface area (Å²) in [6, 6.07) is 9.31. The molecule has 28 heavy (non-hydrogen) atoms. The van der Waals surface area contributed by atoms with Crippen molar-refractivity contribution in [2.24, 2.45) is 0 Å². The number of hydrogen-bond acceptors (Lipinski definition) is 2. The van der Waals surface area contributed by atoms with Crippen LogP contribution in [-0.4, -0.2) is 11.7 Å². The van der Waals surface area contributed by atoms with Crippen LogP contribution in [0.15, 0.2) is 47.7 Å². The van der Waals surface area contributed by atoms with E-state index in [4.69, 9.17) is 34.8 Å². The van der Waals surface area contributed by atoms with Gasteiger partial charge in [-0.1, -0.05) is 40.9 Å². The first-order chi connectivity index (χ1) is 13.4. The van der Waals surface area contributed by atoms with Crippen LogP contribution < -0.4 is 4.90 Å². The molecule has 4 rings (SSSR count). The molecule has 1 atom stereocenters. The van der Waals surface area contributed by atoms with E-state index in [0.29, 0.717) is 46.3 Å². The van der Waals surface area contributed by atoms with Crippen LogP contribution >= 0.6 is 34.8 Å². The Bertz CT molecular complexity index is 1030. The summed E-state index contributed by atoms with van der Waals surface area (Å²) < 4.78 is 13.6. The first-order valence-corrected chi connectivity index (χ1v) is 9.99. The van der Waals surface area contributed by atoms with Crippen LogP contribution in [0.4, 0.5) is 10.1 Å². The summed E-state index contributed by atoms with van der Waals surface area (Å²) in [7, 11) is 0. The minimum absolute atomic E-state index is 0.0167. The number of carbonyl (C=O) groups is 2. The number of amides is 1. The van der Waals surface area contributed by atoms with Gasteiger partial charge in [-0.15, -0.1) is 0 Å². The van der Waals surface area contributed by atoms with Crippen LogP contribution in [0.3, 0.4) is 0 Å². The molecule has 0 bridgehead atoms. The zero-order chi connectivity index (χ0) is 20.0. The standard InChI is InChI=1S/C21H15Cl3FNO2/c22-14-6-4-11(8-15(14)23)13-10-20(28)26(12-5-7-17(25)16(24)9-12)18-2-1-3-19(27)21(13)18/h4-9,13H,1-3,10H2. The predicted molar refractivity (Wildman–Crippen MR) is 109 cm³/mol. The minimum Gasteiger partial charge on any atom is -0.294 e. The van der Waals surface area contributed by atoms with Crippen molar-refractivity contribution in [2.75, 3.05) is 4.90 Å². The molecule has 144 valence electrons. The molecule has 0 N–H and O–H groups in total. The lowest BCUT2D eigenvalue weighted by molar-refractivity contribution is -0.119. The molecule has 0 aromatic heterocycles. The van der Waals surface area contributed by atoms with Crippen molar-refractivity contribution in [3.8, 4) is 0 Å². The quantitative estimate of drug-likeness (QED) is 0.551. The normalized spacial score (nSPS) is 19.9. The molecule has 2 aliphatic rings. The van der Waals surface area contributed by atoms with E-state index in [-0.39, 0.29) is 29.1 Å². The highest BCUT2D eigenvalue weighted by Gasteiger charge is 2.39. The fourth-order valence-electron chi connectivity index (χ4n) is 3.93. The first-order valence-electron chi connectivity index (χ1n) is 8.86. The van der Waals surface area contributed by atoms with Crippen molar-refractivity contribution >= 4 is 52.2 Å². The lowest BCUT2D eigenvalue weighted by Crippen LogP contribution is -2.40. The Hall–Kier alpha value is -1.88. The average Bonchev–Trinajstić information content (AvgIpc) is 2.66. The summed E-state index contributed by atoms with van der Waals surface area (Å²) in [6.45, 7) is 0. The fraction of sp³-hybridized carbons (Fsp3) is 0.238. The smallest absolute Gasteiger partial charge is 0.232 e. The van der Waals surface area contributed by atoms with E-state index in [1.54, 1.807) is 18.2 Å². The van der Waals surface area contributed by atoms with Crippen molar-refractivity contribution in [3.05, 3.63) is 74.1 Å². The van der Waals surface area contributed by atoms with Gasteiger partial charge >= 0.3 is 0 Å². The van der Waals surface area contributed by atoms with Crippen molar-refractivity contribution < 1.29 is 14.0 Å². The van der Waals surface area contributed by atoms with Crippen LogP contribution in [0.5, 0.6) is 0 Å². The summed E-state index contributed by atoms with van der Waals surface area (Å²) >= 11 is 18.1. The summed E-state index contributed by atoms with van der Waals surface area (Å²) in [5.74, 6) is -1.09. The van der Waals surface area contributed by atoms with E-state index in [1.807, 2.05) is 0 Å². The molecule has 1 aliphatic heterocycles. The van der Waals surface area contributed by atoms with Gasteiger partial charge in [0.15, 0.2) is 5.78 Å². The molecule has 0 spiro atoms.